The lowest BCUT2D eigenvalue weighted by atomic mass is 10.1. The largest absolute Gasteiger partial charge is 0.213 e. The lowest BCUT2D eigenvalue weighted by Crippen LogP contribution is -2.05. The van der Waals surface area contributed by atoms with Gasteiger partial charge in [-0.15, -0.1) is 0 Å². The highest BCUT2D eigenvalue weighted by Gasteiger charge is 2.10. The molecule has 0 spiro atoms. The second kappa shape index (κ2) is 8.86. The first-order valence-corrected chi connectivity index (χ1v) is 9.67. The van der Waals surface area contributed by atoms with E-state index < -0.39 is 0 Å². The van der Waals surface area contributed by atoms with Crippen LogP contribution >= 0.6 is 15.9 Å². The summed E-state index contributed by atoms with van der Waals surface area (Å²) in [5.74, 6) is 2.28. The minimum atomic E-state index is 0.695. The first-order chi connectivity index (χ1) is 12.7. The van der Waals surface area contributed by atoms with Crippen molar-refractivity contribution in [2.24, 2.45) is 0 Å². The van der Waals surface area contributed by atoms with E-state index in [9.17, 15) is 0 Å². The van der Waals surface area contributed by atoms with Crippen molar-refractivity contribution in [3.8, 4) is 11.4 Å². The summed E-state index contributed by atoms with van der Waals surface area (Å²) in [6.07, 6.45) is 5.03. The van der Waals surface area contributed by atoms with Crippen LogP contribution < -0.4 is 0 Å². The number of unbranched alkanes of at least 4 members (excludes halogenated alkanes) is 1. The molecule has 0 aliphatic heterocycles. The fourth-order valence-electron chi connectivity index (χ4n) is 2.63. The monoisotopic (exact) mass is 407 g/mol. The van der Waals surface area contributed by atoms with Gasteiger partial charge in [-0.1, -0.05) is 77.8 Å². The van der Waals surface area contributed by atoms with Crippen LogP contribution in [0.1, 0.15) is 43.9 Å². The van der Waals surface area contributed by atoms with Gasteiger partial charge in [0.25, 0.3) is 0 Å². The van der Waals surface area contributed by atoms with Crippen LogP contribution in [0.2, 0.25) is 0 Å². The summed E-state index contributed by atoms with van der Waals surface area (Å²) in [5, 5.41) is 0. The van der Waals surface area contributed by atoms with Gasteiger partial charge in [-0.2, -0.15) is 0 Å². The van der Waals surface area contributed by atoms with Crippen LogP contribution in [-0.2, 0) is 6.42 Å². The van der Waals surface area contributed by atoms with E-state index in [0.717, 1.165) is 45.9 Å². The molecule has 3 aromatic rings. The number of rotatable bonds is 6. The van der Waals surface area contributed by atoms with Gasteiger partial charge in [0.15, 0.2) is 11.6 Å². The summed E-state index contributed by atoms with van der Waals surface area (Å²) in [6, 6.07) is 18.4. The number of nitrogens with zero attached hydrogens (tertiary/aromatic N) is 3. The van der Waals surface area contributed by atoms with E-state index >= 15 is 0 Å². The Hall–Kier alpha value is -2.33. The zero-order valence-corrected chi connectivity index (χ0v) is 16.7. The van der Waals surface area contributed by atoms with E-state index in [2.05, 4.69) is 48.0 Å². The molecule has 0 saturated carbocycles. The molecule has 1 heterocycles. The molecule has 0 saturated heterocycles. The standard InChI is InChI=1S/C22H22BrN3/c1-3-4-8-16(2)21-24-20(15-17-9-6-5-7-10-17)25-22(26-21)18-11-13-19(23)14-12-18/h5-14H,3-4,15H2,1-2H3/b16-8+. The molecule has 26 heavy (non-hydrogen) atoms. The zero-order valence-electron chi connectivity index (χ0n) is 15.1. The van der Waals surface area contributed by atoms with Crippen LogP contribution in [0, 0.1) is 0 Å². The summed E-state index contributed by atoms with van der Waals surface area (Å²) in [5.41, 5.74) is 3.29. The lowest BCUT2D eigenvalue weighted by molar-refractivity contribution is 0.903. The Morgan fingerprint density at radius 1 is 0.962 bits per heavy atom. The highest BCUT2D eigenvalue weighted by molar-refractivity contribution is 9.10. The molecule has 0 radical (unpaired) electrons. The van der Waals surface area contributed by atoms with Crippen LogP contribution in [0.25, 0.3) is 17.0 Å². The van der Waals surface area contributed by atoms with Gasteiger partial charge in [0, 0.05) is 16.5 Å². The van der Waals surface area contributed by atoms with Crippen LogP contribution in [0.5, 0.6) is 0 Å². The van der Waals surface area contributed by atoms with Crippen molar-refractivity contribution in [2.45, 2.75) is 33.1 Å². The van der Waals surface area contributed by atoms with E-state index in [1.807, 2.05) is 42.5 Å². The average Bonchev–Trinajstić information content (AvgIpc) is 2.67. The second-order valence-electron chi connectivity index (χ2n) is 6.24. The third-order valence-electron chi connectivity index (χ3n) is 4.08. The summed E-state index contributed by atoms with van der Waals surface area (Å²) in [7, 11) is 0. The Morgan fingerprint density at radius 3 is 2.38 bits per heavy atom. The Bertz CT molecular complexity index is 887. The molecule has 0 amide bonds. The smallest absolute Gasteiger partial charge is 0.163 e. The fraction of sp³-hybridized carbons (Fsp3) is 0.227. The van der Waals surface area contributed by atoms with Crippen molar-refractivity contribution in [1.82, 2.24) is 15.0 Å². The number of allylic oxidation sites excluding steroid dienone is 2. The summed E-state index contributed by atoms with van der Waals surface area (Å²) in [4.78, 5) is 14.2. The number of aromatic nitrogens is 3. The van der Waals surface area contributed by atoms with Crippen LogP contribution in [-0.4, -0.2) is 15.0 Å². The van der Waals surface area contributed by atoms with Gasteiger partial charge in [0.1, 0.15) is 5.82 Å². The molecule has 0 aliphatic rings. The molecule has 3 rings (SSSR count). The molecule has 2 aromatic carbocycles. The molecule has 0 N–H and O–H groups in total. The molecule has 0 bridgehead atoms. The zero-order chi connectivity index (χ0) is 18.4. The molecular formula is C22H22BrN3. The van der Waals surface area contributed by atoms with Crippen LogP contribution in [0.3, 0.4) is 0 Å². The maximum absolute atomic E-state index is 4.73. The molecule has 132 valence electrons. The highest BCUT2D eigenvalue weighted by Crippen LogP contribution is 2.21. The minimum Gasteiger partial charge on any atom is -0.213 e. The predicted octanol–water partition coefficient (Wildman–Crippen LogP) is 6.10. The Balaban J connectivity index is 2.02. The van der Waals surface area contributed by atoms with Crippen molar-refractivity contribution in [3.63, 3.8) is 0 Å². The molecule has 0 aliphatic carbocycles. The molecular weight excluding hydrogens is 386 g/mol. The van der Waals surface area contributed by atoms with Crippen molar-refractivity contribution in [3.05, 3.63) is 82.4 Å². The van der Waals surface area contributed by atoms with Gasteiger partial charge >= 0.3 is 0 Å². The number of halogens is 1. The van der Waals surface area contributed by atoms with E-state index in [1.54, 1.807) is 0 Å². The van der Waals surface area contributed by atoms with Crippen molar-refractivity contribution < 1.29 is 0 Å². The van der Waals surface area contributed by atoms with Gasteiger partial charge in [0.05, 0.1) is 0 Å². The second-order valence-corrected chi connectivity index (χ2v) is 7.16. The Labute approximate surface area is 163 Å². The predicted molar refractivity (Wildman–Crippen MR) is 111 cm³/mol. The Morgan fingerprint density at radius 2 is 1.69 bits per heavy atom. The van der Waals surface area contributed by atoms with E-state index in [1.165, 1.54) is 5.56 Å². The quantitative estimate of drug-likeness (QED) is 0.495. The summed E-state index contributed by atoms with van der Waals surface area (Å²) >= 11 is 3.48. The van der Waals surface area contributed by atoms with Crippen molar-refractivity contribution >= 4 is 21.5 Å². The third kappa shape index (κ3) is 4.85. The lowest BCUT2D eigenvalue weighted by Gasteiger charge is -2.08. The molecule has 0 atom stereocenters. The molecule has 3 nitrogen and oxygen atoms in total. The van der Waals surface area contributed by atoms with Gasteiger partial charge in [-0.05, 0) is 36.6 Å². The van der Waals surface area contributed by atoms with Crippen molar-refractivity contribution in [1.29, 1.82) is 0 Å². The van der Waals surface area contributed by atoms with E-state index in [4.69, 9.17) is 15.0 Å². The molecule has 0 fully saturated rings. The van der Waals surface area contributed by atoms with Crippen molar-refractivity contribution in [2.75, 3.05) is 0 Å². The SMILES string of the molecule is CCC/C=C(\C)c1nc(Cc2ccccc2)nc(-c2ccc(Br)cc2)n1. The van der Waals surface area contributed by atoms with E-state index in [-0.39, 0.29) is 0 Å². The third-order valence-corrected chi connectivity index (χ3v) is 4.61. The Kier molecular flexibility index (Phi) is 6.29. The number of hydrogen-bond acceptors (Lipinski definition) is 3. The average molecular weight is 408 g/mol. The molecule has 0 unspecified atom stereocenters. The molecule has 4 heteroatoms. The number of hydrogen-bond donors (Lipinski definition) is 0. The topological polar surface area (TPSA) is 38.7 Å². The van der Waals surface area contributed by atoms with Crippen LogP contribution in [0.4, 0.5) is 0 Å². The van der Waals surface area contributed by atoms with E-state index in [0.29, 0.717) is 6.42 Å². The van der Waals surface area contributed by atoms with Gasteiger partial charge in [-0.3, -0.25) is 0 Å². The first-order valence-electron chi connectivity index (χ1n) is 8.87. The highest BCUT2D eigenvalue weighted by atomic mass is 79.9. The maximum atomic E-state index is 4.73. The summed E-state index contributed by atoms with van der Waals surface area (Å²) < 4.78 is 1.04. The van der Waals surface area contributed by atoms with Crippen LogP contribution in [0.15, 0.2) is 65.1 Å². The minimum absolute atomic E-state index is 0.695. The maximum Gasteiger partial charge on any atom is 0.163 e. The number of benzene rings is 2. The van der Waals surface area contributed by atoms with Gasteiger partial charge < -0.3 is 0 Å². The van der Waals surface area contributed by atoms with Gasteiger partial charge in [-0.25, -0.2) is 15.0 Å². The first kappa shape index (κ1) is 18.5. The normalized spacial score (nSPS) is 11.6. The fourth-order valence-corrected chi connectivity index (χ4v) is 2.90. The van der Waals surface area contributed by atoms with Gasteiger partial charge in [0.2, 0.25) is 0 Å². The molecule has 1 aromatic heterocycles. The summed E-state index contributed by atoms with van der Waals surface area (Å²) in [6.45, 7) is 4.24.